The number of hydrogen-bond acceptors (Lipinski definition) is 3. The predicted octanol–water partition coefficient (Wildman–Crippen LogP) is 1.11. The summed E-state index contributed by atoms with van der Waals surface area (Å²) < 4.78 is 0. The van der Waals surface area contributed by atoms with Crippen molar-refractivity contribution in [2.75, 3.05) is 17.2 Å². The molecule has 0 aliphatic carbocycles. The number of carbonyl (C=O) groups excluding carboxylic acids is 2. The van der Waals surface area contributed by atoms with Crippen LogP contribution < -0.4 is 21.7 Å². The lowest BCUT2D eigenvalue weighted by Crippen LogP contribution is -2.32. The van der Waals surface area contributed by atoms with Crippen molar-refractivity contribution >= 4 is 23.3 Å². The van der Waals surface area contributed by atoms with E-state index in [1.165, 1.54) is 0 Å². The van der Waals surface area contributed by atoms with Crippen molar-refractivity contribution in [2.45, 2.75) is 19.9 Å². The minimum Gasteiger partial charge on any atom is -0.338 e. The van der Waals surface area contributed by atoms with E-state index < -0.39 is 6.04 Å². The number of carbonyl (C=O) groups is 2. The number of anilines is 2. The first-order chi connectivity index (χ1) is 8.52. The van der Waals surface area contributed by atoms with Gasteiger partial charge in [0, 0.05) is 17.9 Å². The molecule has 1 aromatic carbocycles. The van der Waals surface area contributed by atoms with Gasteiger partial charge < -0.3 is 21.7 Å². The molecule has 6 nitrogen and oxygen atoms in total. The van der Waals surface area contributed by atoms with Gasteiger partial charge in [-0.05, 0) is 32.0 Å². The lowest BCUT2D eigenvalue weighted by atomic mass is 10.2. The number of urea groups is 1. The van der Waals surface area contributed by atoms with Crippen LogP contribution in [0.1, 0.15) is 13.8 Å². The summed E-state index contributed by atoms with van der Waals surface area (Å²) in [5, 5.41) is 7.92. The highest BCUT2D eigenvalue weighted by Gasteiger charge is 2.08. The number of hydrogen-bond donors (Lipinski definition) is 4. The molecule has 1 atom stereocenters. The van der Waals surface area contributed by atoms with Crippen LogP contribution in [-0.2, 0) is 4.79 Å². The summed E-state index contributed by atoms with van der Waals surface area (Å²) in [5.74, 6) is -0.273. The summed E-state index contributed by atoms with van der Waals surface area (Å²) >= 11 is 0. The summed E-state index contributed by atoms with van der Waals surface area (Å²) in [4.78, 5) is 22.7. The van der Waals surface area contributed by atoms with Gasteiger partial charge >= 0.3 is 6.03 Å². The van der Waals surface area contributed by atoms with Crippen molar-refractivity contribution in [3.8, 4) is 0 Å². The van der Waals surface area contributed by atoms with E-state index in [1.807, 2.05) is 6.92 Å². The van der Waals surface area contributed by atoms with Gasteiger partial charge in [-0.2, -0.15) is 0 Å². The Bertz CT molecular complexity index is 432. The van der Waals surface area contributed by atoms with Crippen molar-refractivity contribution in [1.29, 1.82) is 0 Å². The van der Waals surface area contributed by atoms with Gasteiger partial charge in [-0.1, -0.05) is 6.07 Å². The molecule has 0 fully saturated rings. The van der Waals surface area contributed by atoms with Crippen molar-refractivity contribution in [1.82, 2.24) is 5.32 Å². The van der Waals surface area contributed by atoms with Crippen LogP contribution in [0.3, 0.4) is 0 Å². The second kappa shape index (κ2) is 6.61. The predicted molar refractivity (Wildman–Crippen MR) is 71.4 cm³/mol. The van der Waals surface area contributed by atoms with E-state index in [4.69, 9.17) is 5.73 Å². The molecule has 1 rings (SSSR count). The third-order valence-electron chi connectivity index (χ3n) is 2.14. The maximum atomic E-state index is 11.4. The Morgan fingerprint density at radius 3 is 2.44 bits per heavy atom. The molecule has 3 amide bonds. The molecular formula is C12H18N4O2. The van der Waals surface area contributed by atoms with Crippen LogP contribution in [0.25, 0.3) is 0 Å². The number of rotatable bonds is 4. The molecule has 0 aliphatic heterocycles. The van der Waals surface area contributed by atoms with Crippen molar-refractivity contribution in [3.63, 3.8) is 0 Å². The van der Waals surface area contributed by atoms with Crippen LogP contribution in [0.4, 0.5) is 16.2 Å². The third kappa shape index (κ3) is 4.42. The van der Waals surface area contributed by atoms with E-state index in [0.717, 1.165) is 0 Å². The van der Waals surface area contributed by atoms with Crippen LogP contribution >= 0.6 is 0 Å². The first kappa shape index (κ1) is 14.0. The van der Waals surface area contributed by atoms with Gasteiger partial charge in [-0.3, -0.25) is 4.79 Å². The summed E-state index contributed by atoms with van der Waals surface area (Å²) in [6.07, 6.45) is 0. The fourth-order valence-electron chi connectivity index (χ4n) is 1.27. The maximum absolute atomic E-state index is 11.4. The molecule has 0 spiro atoms. The second-order valence-electron chi connectivity index (χ2n) is 3.84. The molecule has 0 aliphatic rings. The van der Waals surface area contributed by atoms with E-state index in [1.54, 1.807) is 31.2 Å². The Morgan fingerprint density at radius 1 is 1.28 bits per heavy atom. The van der Waals surface area contributed by atoms with Crippen LogP contribution in [0.15, 0.2) is 24.3 Å². The first-order valence-electron chi connectivity index (χ1n) is 5.74. The summed E-state index contributed by atoms with van der Waals surface area (Å²) in [5.41, 5.74) is 6.64. The molecule has 0 saturated carbocycles. The fraction of sp³-hybridized carbons (Fsp3) is 0.333. The molecule has 98 valence electrons. The average Bonchev–Trinajstić information content (AvgIpc) is 2.29. The quantitative estimate of drug-likeness (QED) is 0.644. The van der Waals surface area contributed by atoms with E-state index in [9.17, 15) is 9.59 Å². The Balaban J connectivity index is 2.67. The minimum absolute atomic E-state index is 0.273. The zero-order chi connectivity index (χ0) is 13.5. The van der Waals surface area contributed by atoms with Gasteiger partial charge in [0.25, 0.3) is 0 Å². The maximum Gasteiger partial charge on any atom is 0.319 e. The van der Waals surface area contributed by atoms with Gasteiger partial charge in [0.15, 0.2) is 0 Å². The SMILES string of the molecule is CCNC(=O)Nc1cccc(NC(=O)[C@@H](C)N)c1. The zero-order valence-corrected chi connectivity index (χ0v) is 10.5. The monoisotopic (exact) mass is 250 g/mol. The highest BCUT2D eigenvalue weighted by molar-refractivity contribution is 5.95. The molecule has 5 N–H and O–H groups in total. The molecule has 1 aromatic rings. The second-order valence-corrected chi connectivity index (χ2v) is 3.84. The molecule has 0 heterocycles. The van der Waals surface area contributed by atoms with Crippen LogP contribution in [0.2, 0.25) is 0 Å². The van der Waals surface area contributed by atoms with Crippen molar-refractivity contribution < 1.29 is 9.59 Å². The standard InChI is InChI=1S/C12H18N4O2/c1-3-14-12(18)16-10-6-4-5-9(7-10)15-11(17)8(2)13/h4-8H,3,13H2,1-2H3,(H,15,17)(H2,14,16,18)/t8-/m1/s1. The molecule has 0 unspecified atom stereocenters. The lowest BCUT2D eigenvalue weighted by Gasteiger charge is -2.10. The Morgan fingerprint density at radius 2 is 1.89 bits per heavy atom. The number of amides is 3. The summed E-state index contributed by atoms with van der Waals surface area (Å²) in [6.45, 7) is 3.98. The third-order valence-corrected chi connectivity index (χ3v) is 2.14. The highest BCUT2D eigenvalue weighted by Crippen LogP contribution is 2.15. The largest absolute Gasteiger partial charge is 0.338 e. The van der Waals surface area contributed by atoms with Crippen molar-refractivity contribution in [2.24, 2.45) is 5.73 Å². The van der Waals surface area contributed by atoms with Gasteiger partial charge in [-0.25, -0.2) is 4.79 Å². The van der Waals surface area contributed by atoms with Gasteiger partial charge in [0.2, 0.25) is 5.91 Å². The average molecular weight is 250 g/mol. The number of nitrogens with one attached hydrogen (secondary N) is 3. The van der Waals surface area contributed by atoms with Gasteiger partial charge in [0.1, 0.15) is 0 Å². The van der Waals surface area contributed by atoms with Crippen LogP contribution in [-0.4, -0.2) is 24.5 Å². The Labute approximate surface area is 106 Å². The number of nitrogens with two attached hydrogens (primary N) is 1. The fourth-order valence-corrected chi connectivity index (χ4v) is 1.27. The molecule has 0 bridgehead atoms. The van der Waals surface area contributed by atoms with Gasteiger partial charge in [0.05, 0.1) is 6.04 Å². The molecule has 0 radical (unpaired) electrons. The molecule has 18 heavy (non-hydrogen) atoms. The topological polar surface area (TPSA) is 96.2 Å². The van der Waals surface area contributed by atoms with Crippen LogP contribution in [0, 0.1) is 0 Å². The molecule has 0 saturated heterocycles. The highest BCUT2D eigenvalue weighted by atomic mass is 16.2. The normalized spacial score (nSPS) is 11.5. The molecular weight excluding hydrogens is 232 g/mol. The summed E-state index contributed by atoms with van der Waals surface area (Å²) in [6, 6.07) is 5.99. The van der Waals surface area contributed by atoms with E-state index in [2.05, 4.69) is 16.0 Å². The van der Waals surface area contributed by atoms with Crippen LogP contribution in [0.5, 0.6) is 0 Å². The molecule has 6 heteroatoms. The van der Waals surface area contributed by atoms with Gasteiger partial charge in [-0.15, -0.1) is 0 Å². The van der Waals surface area contributed by atoms with E-state index in [-0.39, 0.29) is 11.9 Å². The first-order valence-corrected chi connectivity index (χ1v) is 5.74. The summed E-state index contributed by atoms with van der Waals surface area (Å²) in [7, 11) is 0. The Hall–Kier alpha value is -2.08. The lowest BCUT2D eigenvalue weighted by molar-refractivity contribution is -0.117. The van der Waals surface area contributed by atoms with E-state index >= 15 is 0 Å². The van der Waals surface area contributed by atoms with E-state index in [0.29, 0.717) is 17.9 Å². The minimum atomic E-state index is -0.579. The number of benzene rings is 1. The zero-order valence-electron chi connectivity index (χ0n) is 10.5. The molecule has 0 aromatic heterocycles. The smallest absolute Gasteiger partial charge is 0.319 e. The van der Waals surface area contributed by atoms with Crippen molar-refractivity contribution in [3.05, 3.63) is 24.3 Å². The Kier molecular flexibility index (Phi) is 5.13.